The third-order valence-corrected chi connectivity index (χ3v) is 10.7. The molecule has 4 heterocycles. The van der Waals surface area contributed by atoms with Gasteiger partial charge in [-0.25, -0.2) is 9.59 Å². The number of amides is 2. The highest BCUT2D eigenvalue weighted by Gasteiger charge is 2.80. The van der Waals surface area contributed by atoms with E-state index in [1.54, 1.807) is 13.8 Å². The number of hydrogen-bond acceptors (Lipinski definition) is 8. The predicted molar refractivity (Wildman–Crippen MR) is 148 cm³/mol. The first-order valence-electron chi connectivity index (χ1n) is 14.8. The van der Waals surface area contributed by atoms with Gasteiger partial charge in [0.1, 0.15) is 0 Å². The number of allylic oxidation sites excluding steroid dienone is 2. The Morgan fingerprint density at radius 1 is 0.854 bits per heavy atom. The summed E-state index contributed by atoms with van der Waals surface area (Å²) >= 11 is 5.76. The zero-order chi connectivity index (χ0) is 29.8. The molecule has 0 aromatic carbocycles. The molecule has 2 aliphatic carbocycles. The van der Waals surface area contributed by atoms with Crippen molar-refractivity contribution in [1.29, 1.82) is 0 Å². The third kappa shape index (κ3) is 4.03. The molecule has 41 heavy (non-hydrogen) atoms. The first-order valence-corrected chi connectivity index (χ1v) is 15.3. The van der Waals surface area contributed by atoms with Crippen molar-refractivity contribution in [3.8, 4) is 0 Å². The van der Waals surface area contributed by atoms with Gasteiger partial charge in [0.2, 0.25) is 22.9 Å². The number of alkyl halides is 1. The summed E-state index contributed by atoms with van der Waals surface area (Å²) in [5.41, 5.74) is -4.54. The molecule has 0 unspecified atom stereocenters. The minimum Gasteiger partial charge on any atom is -0.453 e. The Bertz CT molecular complexity index is 1180. The van der Waals surface area contributed by atoms with E-state index in [9.17, 15) is 29.4 Å². The average Bonchev–Trinajstić information content (AvgIpc) is 3.26. The van der Waals surface area contributed by atoms with E-state index in [0.29, 0.717) is 18.7 Å². The molecule has 0 saturated carbocycles. The molecule has 0 aromatic heterocycles. The van der Waals surface area contributed by atoms with Crippen LogP contribution in [0.3, 0.4) is 0 Å². The lowest BCUT2D eigenvalue weighted by Crippen LogP contribution is -2.80. The molecule has 6 rings (SSSR count). The van der Waals surface area contributed by atoms with Gasteiger partial charge in [0.25, 0.3) is 0 Å². The van der Waals surface area contributed by atoms with Gasteiger partial charge in [-0.15, -0.1) is 11.6 Å². The monoisotopic (exact) mass is 592 g/mol. The predicted octanol–water partition coefficient (Wildman–Crippen LogP) is 2.05. The molecular weight excluding hydrogens is 552 g/mol. The number of hydrogen-bond donors (Lipinski definition) is 4. The van der Waals surface area contributed by atoms with Crippen LogP contribution in [-0.2, 0) is 28.7 Å². The highest BCUT2D eigenvalue weighted by molar-refractivity contribution is 6.18. The van der Waals surface area contributed by atoms with E-state index in [1.165, 1.54) is 0 Å². The van der Waals surface area contributed by atoms with Gasteiger partial charge >= 0.3 is 11.9 Å². The lowest BCUT2D eigenvalue weighted by atomic mass is 9.64. The second-order valence-electron chi connectivity index (χ2n) is 12.5. The number of carbonyl (C=O) groups excluding carboxylic acids is 4. The minimum absolute atomic E-state index is 0.105. The van der Waals surface area contributed by atoms with Crippen LogP contribution in [0.4, 0.5) is 0 Å². The number of nitrogens with one attached hydrogen (secondary N) is 2. The van der Waals surface area contributed by atoms with Gasteiger partial charge in [0, 0.05) is 17.7 Å². The molecule has 0 bridgehead atoms. The van der Waals surface area contributed by atoms with Gasteiger partial charge in [0.05, 0.1) is 24.0 Å². The first-order chi connectivity index (χ1) is 19.4. The zero-order valence-corrected chi connectivity index (χ0v) is 24.6. The number of esters is 2. The number of rotatable bonds is 7. The molecule has 10 nitrogen and oxygen atoms in total. The molecular formula is C30H41ClN2O8. The summed E-state index contributed by atoms with van der Waals surface area (Å²) in [5, 5.41) is 27.0. The number of aliphatic hydroxyl groups is 2. The number of ether oxygens (including phenoxy) is 2. The second-order valence-corrected chi connectivity index (χ2v) is 12.9. The van der Waals surface area contributed by atoms with Crippen molar-refractivity contribution < 1.29 is 38.9 Å². The average molecular weight is 593 g/mol. The molecule has 6 aliphatic rings. The molecule has 0 radical (unpaired) electrons. The molecule has 2 amide bonds. The van der Waals surface area contributed by atoms with Gasteiger partial charge < -0.3 is 30.3 Å². The fourth-order valence-electron chi connectivity index (χ4n) is 8.04. The molecule has 11 heteroatoms. The van der Waals surface area contributed by atoms with Gasteiger partial charge in [-0.1, -0.05) is 31.2 Å². The van der Waals surface area contributed by atoms with E-state index >= 15 is 0 Å². The van der Waals surface area contributed by atoms with Crippen LogP contribution in [-0.4, -0.2) is 74.3 Å². The molecule has 4 saturated heterocycles. The normalized spacial score (nSPS) is 43.6. The van der Waals surface area contributed by atoms with Gasteiger partial charge in [-0.2, -0.15) is 0 Å². The Morgan fingerprint density at radius 3 is 1.66 bits per heavy atom. The molecule has 10 atom stereocenters. The summed E-state index contributed by atoms with van der Waals surface area (Å²) in [6, 6.07) is 0. The third-order valence-electron chi connectivity index (χ3n) is 10.5. The summed E-state index contributed by atoms with van der Waals surface area (Å²) in [6.45, 7) is 5.38. The molecule has 4 N–H and O–H groups in total. The van der Waals surface area contributed by atoms with E-state index in [1.807, 2.05) is 31.2 Å². The lowest BCUT2D eigenvalue weighted by Gasteiger charge is -2.54. The van der Waals surface area contributed by atoms with Crippen molar-refractivity contribution in [2.75, 3.05) is 5.88 Å². The van der Waals surface area contributed by atoms with E-state index in [0.717, 1.165) is 38.5 Å². The molecule has 226 valence electrons. The van der Waals surface area contributed by atoms with Crippen LogP contribution in [0.15, 0.2) is 24.3 Å². The number of aliphatic hydroxyl groups excluding tert-OH is 2. The SMILES string of the molecule is CC[C@H]1C(=O)N[C@@]2([C@@H](O)[C@@H]3C=CCCC3)C(=O)O[C@@]12C.C[C@@]12OC(=O)[C@]1([C@@H](O)[C@@H]1C=CCCC1)NC(=O)[C@H]2CCCl. The topological polar surface area (TPSA) is 151 Å². The highest BCUT2D eigenvalue weighted by atomic mass is 35.5. The summed E-state index contributed by atoms with van der Waals surface area (Å²) < 4.78 is 10.7. The zero-order valence-electron chi connectivity index (χ0n) is 23.9. The van der Waals surface area contributed by atoms with Gasteiger partial charge in [-0.05, 0) is 65.2 Å². The van der Waals surface area contributed by atoms with Crippen LogP contribution in [0, 0.1) is 23.7 Å². The van der Waals surface area contributed by atoms with Crippen LogP contribution in [0.5, 0.6) is 0 Å². The highest BCUT2D eigenvalue weighted by Crippen LogP contribution is 2.54. The van der Waals surface area contributed by atoms with Crippen LogP contribution >= 0.6 is 11.6 Å². The van der Waals surface area contributed by atoms with Crippen molar-refractivity contribution in [1.82, 2.24) is 10.6 Å². The summed E-state index contributed by atoms with van der Waals surface area (Å²) in [6.07, 6.45) is 12.6. The fourth-order valence-corrected chi connectivity index (χ4v) is 8.26. The smallest absolute Gasteiger partial charge is 0.339 e. The van der Waals surface area contributed by atoms with Crippen LogP contribution < -0.4 is 10.6 Å². The summed E-state index contributed by atoms with van der Waals surface area (Å²) in [4.78, 5) is 48.6. The second kappa shape index (κ2) is 10.7. The first kappa shape index (κ1) is 30.0. The summed E-state index contributed by atoms with van der Waals surface area (Å²) in [7, 11) is 0. The Labute approximate surface area is 245 Å². The van der Waals surface area contributed by atoms with Crippen LogP contribution in [0.25, 0.3) is 0 Å². The van der Waals surface area contributed by atoms with Crippen molar-refractivity contribution in [3.63, 3.8) is 0 Å². The van der Waals surface area contributed by atoms with Crippen LogP contribution in [0.1, 0.15) is 72.1 Å². The van der Waals surface area contributed by atoms with Crippen molar-refractivity contribution in [2.45, 2.75) is 107 Å². The Hall–Kier alpha value is -2.43. The lowest BCUT2D eigenvalue weighted by molar-refractivity contribution is -0.239. The van der Waals surface area contributed by atoms with Gasteiger partial charge in [-0.3, -0.25) is 9.59 Å². The summed E-state index contributed by atoms with van der Waals surface area (Å²) in [5.74, 6) is -2.33. The fraction of sp³-hybridized carbons (Fsp3) is 0.733. The maximum Gasteiger partial charge on any atom is 0.339 e. The molecule has 4 aliphatic heterocycles. The van der Waals surface area contributed by atoms with E-state index in [2.05, 4.69) is 10.6 Å². The maximum atomic E-state index is 12.2. The minimum atomic E-state index is -1.33. The Balaban J connectivity index is 0.000000165. The van der Waals surface area contributed by atoms with Crippen LogP contribution in [0.2, 0.25) is 0 Å². The van der Waals surface area contributed by atoms with E-state index < -0.39 is 52.3 Å². The van der Waals surface area contributed by atoms with E-state index in [4.69, 9.17) is 21.1 Å². The Kier molecular flexibility index (Phi) is 7.83. The molecule has 0 spiro atoms. The Morgan fingerprint density at radius 2 is 1.29 bits per heavy atom. The standard InChI is InChI=1S/C15H20ClNO4.C15H21NO4/c1-14-10(7-8-16)12(19)17-15(14,13(20)21-14)11(18)9-5-3-2-4-6-9;1-3-10-12(18)16-15(13(19)20-14(10,15)2)11(17)9-7-5-4-6-8-9/h3,5,9-11,18H,2,4,6-8H2,1H3,(H,17,19);5,7,9-11,17H,3-4,6,8H2,1-2H3,(H,16,18)/t9-,10-,11+,14+,15+;9-,10+,11+,14+,15+/m11/s1. The van der Waals surface area contributed by atoms with Crippen molar-refractivity contribution >= 4 is 35.4 Å². The maximum absolute atomic E-state index is 12.2. The number of carbonyl (C=O) groups is 4. The largest absolute Gasteiger partial charge is 0.453 e. The van der Waals surface area contributed by atoms with Crippen molar-refractivity contribution in [3.05, 3.63) is 24.3 Å². The van der Waals surface area contributed by atoms with Crippen molar-refractivity contribution in [2.24, 2.45) is 23.7 Å². The number of halogens is 1. The molecule has 4 fully saturated rings. The van der Waals surface area contributed by atoms with Gasteiger partial charge in [0.15, 0.2) is 11.2 Å². The number of fused-ring (bicyclic) bond motifs is 2. The molecule has 0 aromatic rings. The quantitative estimate of drug-likeness (QED) is 0.199. The van der Waals surface area contributed by atoms with E-state index in [-0.39, 0.29) is 29.6 Å².